The Labute approximate surface area is 81.2 Å². The Balaban J connectivity index is 2.36. The molecule has 1 aliphatic heterocycles. The van der Waals surface area contributed by atoms with Crippen molar-refractivity contribution in [1.82, 2.24) is 9.80 Å². The Hall–Kier alpha value is -0.570. The van der Waals surface area contributed by atoms with E-state index in [1.807, 2.05) is 0 Å². The van der Waals surface area contributed by atoms with Gasteiger partial charge >= 0.3 is 0 Å². The number of amidine groups is 1. The van der Waals surface area contributed by atoms with E-state index in [9.17, 15) is 0 Å². The number of likely N-dealkylation sites (tertiary alicyclic amines) is 1. The van der Waals surface area contributed by atoms with Gasteiger partial charge in [0.1, 0.15) is 0 Å². The third-order valence-corrected chi connectivity index (χ3v) is 2.76. The summed E-state index contributed by atoms with van der Waals surface area (Å²) in [7, 11) is 4.25. The standard InChI is InChI=1S/C10H21N3/c1-4-5-10(11)13-7-6-9(8-13)12(2)3/h9,11H,4-8H2,1-3H3. The number of hydrogen-bond donors (Lipinski definition) is 1. The largest absolute Gasteiger partial charge is 0.359 e. The first-order valence-electron chi connectivity index (χ1n) is 5.14. The SMILES string of the molecule is CCCC(=N)N1CCC(N(C)C)C1. The lowest BCUT2D eigenvalue weighted by molar-refractivity contribution is 0.300. The summed E-state index contributed by atoms with van der Waals surface area (Å²) >= 11 is 0. The highest BCUT2D eigenvalue weighted by molar-refractivity contribution is 5.79. The Morgan fingerprint density at radius 3 is 2.69 bits per heavy atom. The highest BCUT2D eigenvalue weighted by Gasteiger charge is 2.24. The molecule has 0 radical (unpaired) electrons. The van der Waals surface area contributed by atoms with E-state index < -0.39 is 0 Å². The van der Waals surface area contributed by atoms with Crippen LogP contribution in [0.5, 0.6) is 0 Å². The van der Waals surface area contributed by atoms with Crippen LogP contribution in [0.2, 0.25) is 0 Å². The van der Waals surface area contributed by atoms with Crippen molar-refractivity contribution < 1.29 is 0 Å². The van der Waals surface area contributed by atoms with Gasteiger partial charge < -0.3 is 9.80 Å². The average Bonchev–Trinajstić information content (AvgIpc) is 2.52. The Kier molecular flexibility index (Phi) is 3.72. The molecule has 0 spiro atoms. The van der Waals surface area contributed by atoms with Gasteiger partial charge in [-0.15, -0.1) is 0 Å². The summed E-state index contributed by atoms with van der Waals surface area (Å²) < 4.78 is 0. The van der Waals surface area contributed by atoms with Crippen LogP contribution in [0.4, 0.5) is 0 Å². The molecule has 0 aromatic carbocycles. The van der Waals surface area contributed by atoms with Crippen molar-refractivity contribution in [2.45, 2.75) is 32.2 Å². The Morgan fingerprint density at radius 2 is 2.23 bits per heavy atom. The molecule has 0 bridgehead atoms. The Morgan fingerprint density at radius 1 is 1.54 bits per heavy atom. The molecule has 3 heteroatoms. The van der Waals surface area contributed by atoms with Gasteiger partial charge in [-0.1, -0.05) is 6.92 Å². The summed E-state index contributed by atoms with van der Waals surface area (Å²) in [6.07, 6.45) is 3.22. The van der Waals surface area contributed by atoms with Gasteiger partial charge in [-0.05, 0) is 26.9 Å². The zero-order valence-corrected chi connectivity index (χ0v) is 9.01. The topological polar surface area (TPSA) is 30.3 Å². The third-order valence-electron chi connectivity index (χ3n) is 2.76. The quantitative estimate of drug-likeness (QED) is 0.529. The smallest absolute Gasteiger partial charge is 0.0958 e. The summed E-state index contributed by atoms with van der Waals surface area (Å²) in [5.74, 6) is 0.826. The van der Waals surface area contributed by atoms with E-state index in [4.69, 9.17) is 5.41 Å². The maximum atomic E-state index is 7.82. The molecule has 13 heavy (non-hydrogen) atoms. The summed E-state index contributed by atoms with van der Waals surface area (Å²) in [6, 6.07) is 0.650. The third kappa shape index (κ3) is 2.69. The number of nitrogens with one attached hydrogen (secondary N) is 1. The second-order valence-corrected chi connectivity index (χ2v) is 4.05. The lowest BCUT2D eigenvalue weighted by Gasteiger charge is -2.21. The van der Waals surface area contributed by atoms with Crippen molar-refractivity contribution in [1.29, 1.82) is 5.41 Å². The second kappa shape index (κ2) is 4.61. The van der Waals surface area contributed by atoms with Gasteiger partial charge in [0.2, 0.25) is 0 Å². The molecular weight excluding hydrogens is 162 g/mol. The van der Waals surface area contributed by atoms with Crippen LogP contribution in [0.1, 0.15) is 26.2 Å². The van der Waals surface area contributed by atoms with Gasteiger partial charge in [-0.2, -0.15) is 0 Å². The van der Waals surface area contributed by atoms with Crippen LogP contribution in [0, 0.1) is 5.41 Å². The summed E-state index contributed by atoms with van der Waals surface area (Å²) in [6.45, 7) is 4.25. The Bertz CT molecular complexity index is 177. The van der Waals surface area contributed by atoms with Gasteiger partial charge in [0.25, 0.3) is 0 Å². The van der Waals surface area contributed by atoms with Crippen molar-refractivity contribution in [3.05, 3.63) is 0 Å². The molecule has 0 aromatic rings. The van der Waals surface area contributed by atoms with E-state index in [-0.39, 0.29) is 0 Å². The second-order valence-electron chi connectivity index (χ2n) is 4.05. The van der Waals surface area contributed by atoms with E-state index in [0.717, 1.165) is 31.8 Å². The van der Waals surface area contributed by atoms with Crippen molar-refractivity contribution in [3.8, 4) is 0 Å². The van der Waals surface area contributed by atoms with Gasteiger partial charge in [0.05, 0.1) is 5.84 Å². The zero-order chi connectivity index (χ0) is 9.84. The lowest BCUT2D eigenvalue weighted by atomic mass is 10.2. The molecule has 0 aliphatic carbocycles. The van der Waals surface area contributed by atoms with E-state index in [1.54, 1.807) is 0 Å². The average molecular weight is 183 g/mol. The molecule has 1 saturated heterocycles. The molecule has 1 aliphatic rings. The predicted molar refractivity (Wildman–Crippen MR) is 56.3 cm³/mol. The van der Waals surface area contributed by atoms with Crippen LogP contribution in [0.15, 0.2) is 0 Å². The van der Waals surface area contributed by atoms with Crippen LogP contribution in [-0.2, 0) is 0 Å². The molecule has 1 fully saturated rings. The van der Waals surface area contributed by atoms with Crippen LogP contribution in [0.3, 0.4) is 0 Å². The molecule has 0 amide bonds. The van der Waals surface area contributed by atoms with E-state index in [0.29, 0.717) is 6.04 Å². The number of hydrogen-bond acceptors (Lipinski definition) is 2. The molecule has 0 aromatic heterocycles. The first-order chi connectivity index (χ1) is 6.15. The molecule has 1 N–H and O–H groups in total. The lowest BCUT2D eigenvalue weighted by Crippen LogP contribution is -2.34. The minimum atomic E-state index is 0.650. The van der Waals surface area contributed by atoms with Crippen molar-refractivity contribution in [3.63, 3.8) is 0 Å². The number of nitrogens with zero attached hydrogens (tertiary/aromatic N) is 2. The summed E-state index contributed by atoms with van der Waals surface area (Å²) in [5.41, 5.74) is 0. The van der Waals surface area contributed by atoms with Crippen molar-refractivity contribution in [2.24, 2.45) is 0 Å². The zero-order valence-electron chi connectivity index (χ0n) is 9.01. The van der Waals surface area contributed by atoms with Gasteiger partial charge in [-0.25, -0.2) is 0 Å². The first kappa shape index (κ1) is 10.5. The molecule has 1 unspecified atom stereocenters. The molecule has 1 rings (SSSR count). The maximum absolute atomic E-state index is 7.82. The van der Waals surface area contributed by atoms with Crippen LogP contribution in [0.25, 0.3) is 0 Å². The molecule has 76 valence electrons. The molecule has 1 atom stereocenters. The van der Waals surface area contributed by atoms with Crippen LogP contribution in [-0.4, -0.2) is 48.9 Å². The minimum absolute atomic E-state index is 0.650. The fourth-order valence-corrected chi connectivity index (χ4v) is 1.80. The van der Waals surface area contributed by atoms with Crippen LogP contribution >= 0.6 is 0 Å². The first-order valence-corrected chi connectivity index (χ1v) is 5.14. The molecule has 3 nitrogen and oxygen atoms in total. The van der Waals surface area contributed by atoms with E-state index in [2.05, 4.69) is 30.8 Å². The fraction of sp³-hybridized carbons (Fsp3) is 0.900. The monoisotopic (exact) mass is 183 g/mol. The van der Waals surface area contributed by atoms with Gasteiger partial charge in [-0.3, -0.25) is 5.41 Å². The molecule has 1 heterocycles. The molecule has 0 saturated carbocycles. The van der Waals surface area contributed by atoms with Crippen molar-refractivity contribution in [2.75, 3.05) is 27.2 Å². The normalized spacial score (nSPS) is 22.8. The highest BCUT2D eigenvalue weighted by atomic mass is 15.2. The molecular formula is C10H21N3. The van der Waals surface area contributed by atoms with E-state index >= 15 is 0 Å². The highest BCUT2D eigenvalue weighted by Crippen LogP contribution is 2.14. The van der Waals surface area contributed by atoms with Crippen molar-refractivity contribution >= 4 is 5.84 Å². The van der Waals surface area contributed by atoms with Gasteiger partial charge in [0.15, 0.2) is 0 Å². The van der Waals surface area contributed by atoms with E-state index in [1.165, 1.54) is 6.42 Å². The van der Waals surface area contributed by atoms with Gasteiger partial charge in [0, 0.05) is 25.6 Å². The minimum Gasteiger partial charge on any atom is -0.359 e. The summed E-state index contributed by atoms with van der Waals surface area (Å²) in [4.78, 5) is 4.48. The predicted octanol–water partition coefficient (Wildman–Crippen LogP) is 1.40. The van der Waals surface area contributed by atoms with Crippen LogP contribution < -0.4 is 0 Å². The number of likely N-dealkylation sites (N-methyl/N-ethyl adjacent to an activating group) is 1. The maximum Gasteiger partial charge on any atom is 0.0958 e. The number of rotatable bonds is 3. The summed E-state index contributed by atoms with van der Waals surface area (Å²) in [5, 5.41) is 7.82. The fourth-order valence-electron chi connectivity index (χ4n) is 1.80.